The standard InChI is InChI=1S/C8H7Cl2NO3/c9-5-1-4(3-11-7(5)10)2-6(12)8(13)14/h1,3,6,12H,2H2,(H,13,14). The quantitative estimate of drug-likeness (QED) is 0.777. The average Bonchev–Trinajstić information content (AvgIpc) is 2.11. The normalized spacial score (nSPS) is 12.5. The third-order valence-corrected chi connectivity index (χ3v) is 2.25. The van der Waals surface area contributed by atoms with Crippen molar-refractivity contribution in [3.05, 3.63) is 28.0 Å². The fraction of sp³-hybridized carbons (Fsp3) is 0.250. The summed E-state index contributed by atoms with van der Waals surface area (Å²) in [7, 11) is 0. The molecule has 1 aromatic rings. The van der Waals surface area contributed by atoms with Gasteiger partial charge in [0, 0.05) is 12.6 Å². The highest BCUT2D eigenvalue weighted by molar-refractivity contribution is 6.41. The summed E-state index contributed by atoms with van der Waals surface area (Å²) in [4.78, 5) is 14.0. The number of pyridine rings is 1. The molecule has 0 bridgehead atoms. The van der Waals surface area contributed by atoms with E-state index in [-0.39, 0.29) is 16.6 Å². The van der Waals surface area contributed by atoms with Gasteiger partial charge in [-0.3, -0.25) is 0 Å². The van der Waals surface area contributed by atoms with Gasteiger partial charge in [-0.25, -0.2) is 9.78 Å². The lowest BCUT2D eigenvalue weighted by molar-refractivity contribution is -0.146. The van der Waals surface area contributed by atoms with Crippen molar-refractivity contribution in [2.24, 2.45) is 0 Å². The largest absolute Gasteiger partial charge is 0.479 e. The molecule has 14 heavy (non-hydrogen) atoms. The van der Waals surface area contributed by atoms with Gasteiger partial charge in [0.2, 0.25) is 0 Å². The van der Waals surface area contributed by atoms with Crippen LogP contribution in [0.1, 0.15) is 5.56 Å². The number of carboxylic acids is 1. The summed E-state index contributed by atoms with van der Waals surface area (Å²) in [6.45, 7) is 0. The highest BCUT2D eigenvalue weighted by atomic mass is 35.5. The smallest absolute Gasteiger partial charge is 0.332 e. The van der Waals surface area contributed by atoms with E-state index in [1.807, 2.05) is 0 Å². The van der Waals surface area contributed by atoms with Gasteiger partial charge in [0.1, 0.15) is 5.15 Å². The third-order valence-electron chi connectivity index (χ3n) is 1.57. The molecule has 1 aromatic heterocycles. The Balaban J connectivity index is 2.78. The van der Waals surface area contributed by atoms with Crippen molar-refractivity contribution in [2.75, 3.05) is 0 Å². The maximum atomic E-state index is 10.3. The molecule has 4 nitrogen and oxygen atoms in total. The number of rotatable bonds is 3. The molecular formula is C8H7Cl2NO3. The first-order valence-corrected chi connectivity index (χ1v) is 4.47. The minimum Gasteiger partial charge on any atom is -0.479 e. The van der Waals surface area contributed by atoms with E-state index < -0.39 is 12.1 Å². The molecule has 0 aromatic carbocycles. The molecule has 1 heterocycles. The summed E-state index contributed by atoms with van der Waals surface area (Å²) < 4.78 is 0. The maximum Gasteiger partial charge on any atom is 0.332 e. The molecule has 0 aliphatic rings. The monoisotopic (exact) mass is 235 g/mol. The van der Waals surface area contributed by atoms with E-state index in [1.165, 1.54) is 12.3 Å². The first-order chi connectivity index (χ1) is 6.50. The van der Waals surface area contributed by atoms with Crippen molar-refractivity contribution in [3.63, 3.8) is 0 Å². The number of aliphatic hydroxyl groups is 1. The van der Waals surface area contributed by atoms with Crippen LogP contribution in [0.2, 0.25) is 10.2 Å². The Morgan fingerprint density at radius 1 is 1.57 bits per heavy atom. The van der Waals surface area contributed by atoms with Crippen molar-refractivity contribution < 1.29 is 15.0 Å². The number of carboxylic acid groups (broad SMARTS) is 1. The number of halogens is 2. The van der Waals surface area contributed by atoms with Crippen LogP contribution in [0.4, 0.5) is 0 Å². The van der Waals surface area contributed by atoms with Crippen LogP contribution in [-0.2, 0) is 11.2 Å². The zero-order chi connectivity index (χ0) is 10.7. The molecule has 0 spiro atoms. The minimum atomic E-state index is -1.45. The zero-order valence-corrected chi connectivity index (χ0v) is 8.46. The molecule has 6 heteroatoms. The van der Waals surface area contributed by atoms with Crippen LogP contribution in [0.5, 0.6) is 0 Å². The van der Waals surface area contributed by atoms with E-state index in [2.05, 4.69) is 4.98 Å². The van der Waals surface area contributed by atoms with Crippen molar-refractivity contribution in [1.82, 2.24) is 4.98 Å². The summed E-state index contributed by atoms with van der Waals surface area (Å²) in [5.41, 5.74) is 0.523. The van der Waals surface area contributed by atoms with Gasteiger partial charge in [-0.15, -0.1) is 0 Å². The van der Waals surface area contributed by atoms with Gasteiger partial charge in [-0.1, -0.05) is 23.2 Å². The van der Waals surface area contributed by atoms with E-state index in [0.717, 1.165) is 0 Å². The van der Waals surface area contributed by atoms with Crippen LogP contribution < -0.4 is 0 Å². The maximum absolute atomic E-state index is 10.3. The van der Waals surface area contributed by atoms with E-state index in [4.69, 9.17) is 33.4 Å². The van der Waals surface area contributed by atoms with E-state index >= 15 is 0 Å². The average molecular weight is 236 g/mol. The number of carbonyl (C=O) groups is 1. The molecule has 1 unspecified atom stereocenters. The van der Waals surface area contributed by atoms with Crippen LogP contribution in [0.3, 0.4) is 0 Å². The van der Waals surface area contributed by atoms with Crippen LogP contribution in [0.25, 0.3) is 0 Å². The van der Waals surface area contributed by atoms with Gasteiger partial charge in [-0.05, 0) is 11.6 Å². The number of aliphatic carboxylic acids is 1. The van der Waals surface area contributed by atoms with Crippen LogP contribution in [0, 0.1) is 0 Å². The Labute approximate surface area is 90.1 Å². The molecule has 0 saturated heterocycles. The fourth-order valence-electron chi connectivity index (χ4n) is 0.883. The van der Waals surface area contributed by atoms with Crippen molar-refractivity contribution in [2.45, 2.75) is 12.5 Å². The predicted octanol–water partition coefficient (Wildman–Crippen LogP) is 1.38. The van der Waals surface area contributed by atoms with Gasteiger partial charge in [0.15, 0.2) is 6.10 Å². The van der Waals surface area contributed by atoms with Crippen LogP contribution in [0.15, 0.2) is 12.3 Å². The Hall–Kier alpha value is -0.840. The van der Waals surface area contributed by atoms with Gasteiger partial charge < -0.3 is 10.2 Å². The zero-order valence-electron chi connectivity index (χ0n) is 6.94. The second kappa shape index (κ2) is 4.59. The molecular weight excluding hydrogens is 229 g/mol. The Morgan fingerprint density at radius 3 is 2.71 bits per heavy atom. The van der Waals surface area contributed by atoms with Gasteiger partial charge in [0.25, 0.3) is 0 Å². The second-order valence-electron chi connectivity index (χ2n) is 2.67. The summed E-state index contributed by atoms with van der Waals surface area (Å²) in [5.74, 6) is -1.28. The molecule has 0 radical (unpaired) electrons. The van der Waals surface area contributed by atoms with Gasteiger partial charge in [0.05, 0.1) is 5.02 Å². The lowest BCUT2D eigenvalue weighted by atomic mass is 10.1. The van der Waals surface area contributed by atoms with Gasteiger partial charge in [-0.2, -0.15) is 0 Å². The molecule has 0 amide bonds. The molecule has 2 N–H and O–H groups in total. The number of aliphatic hydroxyl groups excluding tert-OH is 1. The Kier molecular flexibility index (Phi) is 3.69. The first kappa shape index (κ1) is 11.2. The SMILES string of the molecule is O=C(O)C(O)Cc1cnc(Cl)c(Cl)c1. The molecule has 76 valence electrons. The molecule has 0 fully saturated rings. The summed E-state index contributed by atoms with van der Waals surface area (Å²) in [6, 6.07) is 1.48. The van der Waals surface area contributed by atoms with E-state index in [0.29, 0.717) is 5.56 Å². The van der Waals surface area contributed by atoms with Crippen LogP contribution in [-0.4, -0.2) is 27.3 Å². The van der Waals surface area contributed by atoms with Crippen LogP contribution >= 0.6 is 23.2 Å². The summed E-state index contributed by atoms with van der Waals surface area (Å²) in [6.07, 6.45) is -0.117. The lowest BCUT2D eigenvalue weighted by Crippen LogP contribution is -2.22. The number of aromatic nitrogens is 1. The summed E-state index contributed by atoms with van der Waals surface area (Å²) in [5, 5.41) is 17.9. The Morgan fingerprint density at radius 2 is 2.21 bits per heavy atom. The number of hydrogen-bond acceptors (Lipinski definition) is 3. The van der Waals surface area contributed by atoms with E-state index in [9.17, 15) is 4.79 Å². The third kappa shape index (κ3) is 2.83. The molecule has 0 aliphatic carbocycles. The summed E-state index contributed by atoms with van der Waals surface area (Å²) >= 11 is 11.2. The predicted molar refractivity (Wildman–Crippen MR) is 51.6 cm³/mol. The molecule has 0 saturated carbocycles. The first-order valence-electron chi connectivity index (χ1n) is 3.71. The van der Waals surface area contributed by atoms with E-state index in [1.54, 1.807) is 0 Å². The Bertz CT molecular complexity index is 356. The molecule has 0 aliphatic heterocycles. The highest BCUT2D eigenvalue weighted by Gasteiger charge is 2.14. The fourth-order valence-corrected chi connectivity index (χ4v) is 1.18. The van der Waals surface area contributed by atoms with Crippen molar-refractivity contribution in [1.29, 1.82) is 0 Å². The second-order valence-corrected chi connectivity index (χ2v) is 3.44. The minimum absolute atomic E-state index is 0.0424. The topological polar surface area (TPSA) is 70.4 Å². The molecule has 1 rings (SSSR count). The lowest BCUT2D eigenvalue weighted by Gasteiger charge is -2.05. The van der Waals surface area contributed by atoms with Crippen molar-refractivity contribution in [3.8, 4) is 0 Å². The molecule has 1 atom stereocenters. The van der Waals surface area contributed by atoms with Gasteiger partial charge >= 0.3 is 5.97 Å². The number of hydrogen-bond donors (Lipinski definition) is 2. The van der Waals surface area contributed by atoms with Crippen molar-refractivity contribution >= 4 is 29.2 Å². The highest BCUT2D eigenvalue weighted by Crippen LogP contribution is 2.20. The number of nitrogens with zero attached hydrogens (tertiary/aromatic N) is 1.